The molecule has 2 rings (SSSR count). The molecule has 0 amide bonds. The van der Waals surface area contributed by atoms with Crippen LogP contribution in [0.15, 0.2) is 11.4 Å². The van der Waals surface area contributed by atoms with Crippen LogP contribution in [0, 0.1) is 0 Å². The summed E-state index contributed by atoms with van der Waals surface area (Å²) in [6, 6.07) is 2.63. The first-order valence-corrected chi connectivity index (χ1v) is 5.70. The topological polar surface area (TPSA) is 32.3 Å². The lowest BCUT2D eigenvalue weighted by Gasteiger charge is -2.23. The molecule has 1 atom stereocenters. The molecular weight excluding hydrogens is 182 g/mol. The molecule has 13 heavy (non-hydrogen) atoms. The fourth-order valence-corrected chi connectivity index (χ4v) is 2.71. The zero-order valence-corrected chi connectivity index (χ0v) is 8.44. The molecule has 0 radical (unpaired) electrons. The van der Waals surface area contributed by atoms with E-state index in [-0.39, 0.29) is 6.61 Å². The highest BCUT2D eigenvalue weighted by Gasteiger charge is 2.17. The van der Waals surface area contributed by atoms with Gasteiger partial charge in [0.05, 0.1) is 6.61 Å². The average molecular weight is 197 g/mol. The monoisotopic (exact) mass is 197 g/mol. The first kappa shape index (κ1) is 9.19. The third kappa shape index (κ3) is 1.93. The van der Waals surface area contributed by atoms with E-state index in [0.29, 0.717) is 6.04 Å². The maximum atomic E-state index is 9.12. The van der Waals surface area contributed by atoms with E-state index in [0.717, 1.165) is 11.4 Å². The van der Waals surface area contributed by atoms with Crippen LogP contribution in [0.4, 0.5) is 0 Å². The van der Waals surface area contributed by atoms with Crippen LogP contribution in [0.5, 0.6) is 0 Å². The van der Waals surface area contributed by atoms with Crippen LogP contribution >= 0.6 is 11.3 Å². The van der Waals surface area contributed by atoms with E-state index in [4.69, 9.17) is 5.11 Å². The Balaban J connectivity index is 2.13. The Morgan fingerprint density at radius 1 is 1.54 bits per heavy atom. The molecule has 72 valence electrons. The summed E-state index contributed by atoms with van der Waals surface area (Å²) in [6.07, 6.45) is 3.80. The molecule has 3 heteroatoms. The summed E-state index contributed by atoms with van der Waals surface area (Å²) in [5.41, 5.74) is 1.31. The molecule has 0 spiro atoms. The number of nitrogens with one attached hydrogen (secondary N) is 1. The van der Waals surface area contributed by atoms with Gasteiger partial charge in [-0.05, 0) is 36.4 Å². The molecule has 0 aliphatic carbocycles. The molecule has 2 heterocycles. The van der Waals surface area contributed by atoms with Crippen molar-refractivity contribution < 1.29 is 5.11 Å². The van der Waals surface area contributed by atoms with Crippen LogP contribution in [0.3, 0.4) is 0 Å². The highest BCUT2D eigenvalue weighted by atomic mass is 32.1. The predicted octanol–water partition coefficient (Wildman–Crippen LogP) is 2.06. The number of hydrogen-bond acceptors (Lipinski definition) is 3. The van der Waals surface area contributed by atoms with Gasteiger partial charge in [0.15, 0.2) is 0 Å². The van der Waals surface area contributed by atoms with Crippen molar-refractivity contribution in [3.63, 3.8) is 0 Å². The van der Waals surface area contributed by atoms with Gasteiger partial charge in [-0.2, -0.15) is 0 Å². The zero-order chi connectivity index (χ0) is 9.10. The lowest BCUT2D eigenvalue weighted by molar-refractivity contribution is 0.282. The van der Waals surface area contributed by atoms with Gasteiger partial charge in [-0.3, -0.25) is 0 Å². The Bertz CT molecular complexity index is 266. The SMILES string of the molecule is OCc1sccc1[C@@H]1CCCCN1. The van der Waals surface area contributed by atoms with E-state index in [1.165, 1.54) is 24.8 Å². The van der Waals surface area contributed by atoms with Crippen LogP contribution in [0.1, 0.15) is 35.7 Å². The molecule has 0 bridgehead atoms. The Kier molecular flexibility index (Phi) is 2.98. The smallest absolute Gasteiger partial charge is 0.0777 e. The lowest BCUT2D eigenvalue weighted by Crippen LogP contribution is -2.27. The lowest BCUT2D eigenvalue weighted by atomic mass is 9.98. The zero-order valence-electron chi connectivity index (χ0n) is 7.62. The van der Waals surface area contributed by atoms with Gasteiger partial charge in [-0.15, -0.1) is 11.3 Å². The third-order valence-corrected chi connectivity index (χ3v) is 3.53. The van der Waals surface area contributed by atoms with Crippen molar-refractivity contribution in [1.29, 1.82) is 0 Å². The number of hydrogen-bond donors (Lipinski definition) is 2. The maximum Gasteiger partial charge on any atom is 0.0777 e. The van der Waals surface area contributed by atoms with Crippen molar-refractivity contribution in [2.45, 2.75) is 31.9 Å². The standard InChI is InChI=1S/C10H15NOS/c12-7-10-8(4-6-13-10)9-3-1-2-5-11-9/h4,6,9,11-12H,1-3,5,7H2/t9-/m0/s1. The van der Waals surface area contributed by atoms with Crippen LogP contribution in [-0.2, 0) is 6.61 Å². The van der Waals surface area contributed by atoms with Gasteiger partial charge in [0.2, 0.25) is 0 Å². The fraction of sp³-hybridized carbons (Fsp3) is 0.600. The first-order chi connectivity index (χ1) is 6.42. The molecule has 0 saturated carbocycles. The van der Waals surface area contributed by atoms with Crippen LogP contribution < -0.4 is 5.32 Å². The maximum absolute atomic E-state index is 9.12. The van der Waals surface area contributed by atoms with Gasteiger partial charge in [-0.1, -0.05) is 6.42 Å². The van der Waals surface area contributed by atoms with E-state index >= 15 is 0 Å². The van der Waals surface area contributed by atoms with Gasteiger partial charge in [-0.25, -0.2) is 0 Å². The molecule has 1 aromatic heterocycles. The van der Waals surface area contributed by atoms with Crippen LogP contribution in [-0.4, -0.2) is 11.7 Å². The molecule has 0 unspecified atom stereocenters. The number of thiophene rings is 1. The number of aliphatic hydroxyl groups is 1. The van der Waals surface area contributed by atoms with Crippen molar-refractivity contribution in [3.8, 4) is 0 Å². The summed E-state index contributed by atoms with van der Waals surface area (Å²) in [7, 11) is 0. The first-order valence-electron chi connectivity index (χ1n) is 4.82. The summed E-state index contributed by atoms with van der Waals surface area (Å²) in [6.45, 7) is 1.30. The van der Waals surface area contributed by atoms with Gasteiger partial charge in [0, 0.05) is 10.9 Å². The molecule has 2 nitrogen and oxygen atoms in total. The van der Waals surface area contributed by atoms with E-state index in [1.54, 1.807) is 11.3 Å². The third-order valence-electron chi connectivity index (χ3n) is 2.61. The van der Waals surface area contributed by atoms with Crippen LogP contribution in [0.2, 0.25) is 0 Å². The van der Waals surface area contributed by atoms with E-state index in [2.05, 4.69) is 16.8 Å². The molecule has 0 aromatic carbocycles. The molecule has 1 aliphatic heterocycles. The molecule has 1 fully saturated rings. The number of aliphatic hydroxyl groups excluding tert-OH is 1. The van der Waals surface area contributed by atoms with Crippen molar-refractivity contribution >= 4 is 11.3 Å². The summed E-state index contributed by atoms with van der Waals surface area (Å²) in [5.74, 6) is 0. The van der Waals surface area contributed by atoms with Gasteiger partial charge in [0.1, 0.15) is 0 Å². The Morgan fingerprint density at radius 3 is 3.15 bits per heavy atom. The van der Waals surface area contributed by atoms with Gasteiger partial charge >= 0.3 is 0 Å². The Labute approximate surface area is 82.6 Å². The van der Waals surface area contributed by atoms with Gasteiger partial charge in [0.25, 0.3) is 0 Å². The quantitative estimate of drug-likeness (QED) is 0.760. The van der Waals surface area contributed by atoms with Crippen molar-refractivity contribution in [2.24, 2.45) is 0 Å². The second-order valence-corrected chi connectivity index (χ2v) is 4.46. The van der Waals surface area contributed by atoms with E-state index in [1.807, 2.05) is 0 Å². The summed E-state index contributed by atoms with van der Waals surface area (Å²) in [5, 5.41) is 14.7. The second-order valence-electron chi connectivity index (χ2n) is 3.46. The van der Waals surface area contributed by atoms with Crippen molar-refractivity contribution in [1.82, 2.24) is 5.32 Å². The minimum Gasteiger partial charge on any atom is -0.391 e. The van der Waals surface area contributed by atoms with Crippen LogP contribution in [0.25, 0.3) is 0 Å². The summed E-state index contributed by atoms with van der Waals surface area (Å²) in [4.78, 5) is 1.12. The normalized spacial score (nSPS) is 23.3. The second kappa shape index (κ2) is 4.22. The van der Waals surface area contributed by atoms with E-state index < -0.39 is 0 Å². The molecule has 1 aliphatic rings. The minimum absolute atomic E-state index is 0.186. The van der Waals surface area contributed by atoms with Crippen molar-refractivity contribution in [3.05, 3.63) is 21.9 Å². The molecule has 1 aromatic rings. The molecule has 1 saturated heterocycles. The minimum atomic E-state index is 0.186. The molecular formula is C10H15NOS. The average Bonchev–Trinajstić information content (AvgIpc) is 2.67. The highest BCUT2D eigenvalue weighted by Crippen LogP contribution is 2.28. The number of piperidine rings is 1. The number of rotatable bonds is 2. The Hall–Kier alpha value is -0.380. The summed E-state index contributed by atoms with van der Waals surface area (Å²) < 4.78 is 0. The van der Waals surface area contributed by atoms with Crippen molar-refractivity contribution in [2.75, 3.05) is 6.54 Å². The van der Waals surface area contributed by atoms with Gasteiger partial charge < -0.3 is 10.4 Å². The summed E-state index contributed by atoms with van der Waals surface area (Å²) >= 11 is 1.65. The predicted molar refractivity (Wildman–Crippen MR) is 54.8 cm³/mol. The highest BCUT2D eigenvalue weighted by molar-refractivity contribution is 7.10. The largest absolute Gasteiger partial charge is 0.391 e. The van der Waals surface area contributed by atoms with E-state index in [9.17, 15) is 0 Å². The Morgan fingerprint density at radius 2 is 2.46 bits per heavy atom. The molecule has 2 N–H and O–H groups in total. The fourth-order valence-electron chi connectivity index (χ4n) is 1.91.